The fourth-order valence-corrected chi connectivity index (χ4v) is 5.17. The zero-order chi connectivity index (χ0) is 29.8. The van der Waals surface area contributed by atoms with Gasteiger partial charge in [0.25, 0.3) is 5.56 Å². The number of hydrogen-bond donors (Lipinski definition) is 1. The second-order valence-corrected chi connectivity index (χ2v) is 9.81. The second kappa shape index (κ2) is 16.2. The molecule has 0 aliphatic heterocycles. The van der Waals surface area contributed by atoms with Crippen LogP contribution in [0.15, 0.2) is 43.6 Å². The van der Waals surface area contributed by atoms with E-state index in [9.17, 15) is 14.4 Å². The highest BCUT2D eigenvalue weighted by Gasteiger charge is 2.24. The van der Waals surface area contributed by atoms with Gasteiger partial charge in [0.1, 0.15) is 12.4 Å². The summed E-state index contributed by atoms with van der Waals surface area (Å²) < 4.78 is 15.9. The number of carbonyl (C=O) groups is 1. The molecule has 2 heterocycles. The first kappa shape index (κ1) is 33.1. The Bertz CT molecular complexity index is 1360. The molecule has 0 saturated heterocycles. The minimum Gasteiger partial charge on any atom is -0.496 e. The molecule has 4 rings (SSSR count). The SMILES string of the molecule is CC.CC.CCn1c(=O)c2c(nc(NC3CCCC3)n2CC2=CC=C(OC)C(Br)=CC2)n(CCOC(C)=O)c1=O. The molecule has 0 bridgehead atoms. The fraction of sp³-hybridized carbons (Fsp3) is 0.586. The topological polar surface area (TPSA) is 109 Å². The number of ether oxygens (including phenoxy) is 2. The monoisotopic (exact) mass is 621 g/mol. The van der Waals surface area contributed by atoms with Crippen LogP contribution in [0.25, 0.3) is 11.2 Å². The molecule has 2 aromatic rings. The van der Waals surface area contributed by atoms with Gasteiger partial charge in [-0.2, -0.15) is 4.98 Å². The van der Waals surface area contributed by atoms with Crippen LogP contribution in [0.3, 0.4) is 0 Å². The maximum atomic E-state index is 13.6. The highest BCUT2D eigenvalue weighted by Crippen LogP contribution is 2.28. The summed E-state index contributed by atoms with van der Waals surface area (Å²) in [7, 11) is 1.62. The molecule has 2 aromatic heterocycles. The average Bonchev–Trinajstić information content (AvgIpc) is 3.55. The van der Waals surface area contributed by atoms with Gasteiger partial charge in [0.2, 0.25) is 5.95 Å². The van der Waals surface area contributed by atoms with E-state index in [0.717, 1.165) is 41.5 Å². The molecule has 11 heteroatoms. The maximum Gasteiger partial charge on any atom is 0.332 e. The first-order valence-corrected chi connectivity index (χ1v) is 15.1. The van der Waals surface area contributed by atoms with Crippen LogP contribution in [0, 0.1) is 0 Å². The lowest BCUT2D eigenvalue weighted by Gasteiger charge is -2.16. The predicted octanol–water partition coefficient (Wildman–Crippen LogP) is 5.49. The Labute approximate surface area is 244 Å². The molecule has 222 valence electrons. The number of esters is 1. The summed E-state index contributed by atoms with van der Waals surface area (Å²) in [6.07, 6.45) is 10.9. The summed E-state index contributed by atoms with van der Waals surface area (Å²) in [6.45, 7) is 11.8. The van der Waals surface area contributed by atoms with E-state index in [1.807, 2.05) is 50.5 Å². The highest BCUT2D eigenvalue weighted by molar-refractivity contribution is 9.11. The molecule has 0 spiro atoms. The standard InChI is InChI=1S/C25H32BrN5O5.2C2H6/c1-4-29-23(33)21-22(30(25(29)34)13-14-36-16(2)32)28-24(27-18-7-5-6-8-18)31(21)15-17-9-11-19(26)20(35-3)12-10-17;2*1-2/h10-12,18H,4-9,13-15H2,1-3H3,(H,27,28);2*1-2H3. The van der Waals surface area contributed by atoms with E-state index in [-0.39, 0.29) is 31.3 Å². The number of anilines is 1. The van der Waals surface area contributed by atoms with Gasteiger partial charge in [-0.1, -0.05) is 52.7 Å². The van der Waals surface area contributed by atoms with Gasteiger partial charge in [-0.05, 0) is 53.8 Å². The molecule has 0 unspecified atom stereocenters. The molecule has 0 radical (unpaired) electrons. The third-order valence-corrected chi connectivity index (χ3v) is 7.28. The molecule has 1 saturated carbocycles. The van der Waals surface area contributed by atoms with E-state index in [1.165, 1.54) is 16.1 Å². The van der Waals surface area contributed by atoms with E-state index in [1.54, 1.807) is 14.0 Å². The van der Waals surface area contributed by atoms with E-state index >= 15 is 0 Å². The van der Waals surface area contributed by atoms with Crippen LogP contribution in [-0.2, 0) is 33.9 Å². The first-order valence-electron chi connectivity index (χ1n) is 14.3. The molecule has 1 N–H and O–H groups in total. The van der Waals surface area contributed by atoms with Crippen molar-refractivity contribution >= 4 is 39.0 Å². The summed E-state index contributed by atoms with van der Waals surface area (Å²) in [5.41, 5.74) is 0.845. The molecule has 0 amide bonds. The Hall–Kier alpha value is -3.08. The summed E-state index contributed by atoms with van der Waals surface area (Å²) in [6, 6.07) is 0.257. The van der Waals surface area contributed by atoms with Gasteiger partial charge in [0.05, 0.1) is 18.1 Å². The lowest BCUT2D eigenvalue weighted by molar-refractivity contribution is -0.141. The number of methoxy groups -OCH3 is 1. The van der Waals surface area contributed by atoms with Gasteiger partial charge in [-0.3, -0.25) is 18.7 Å². The number of hydrogen-bond acceptors (Lipinski definition) is 7. The number of nitrogens with zero attached hydrogens (tertiary/aromatic N) is 4. The van der Waals surface area contributed by atoms with Crippen LogP contribution in [-0.4, -0.2) is 44.4 Å². The number of carbonyl (C=O) groups excluding carboxylic acids is 1. The average molecular weight is 623 g/mol. The highest BCUT2D eigenvalue weighted by atomic mass is 79.9. The number of fused-ring (bicyclic) bond motifs is 1. The number of allylic oxidation sites excluding steroid dienone is 5. The molecule has 1 fully saturated rings. The number of aromatic nitrogens is 4. The van der Waals surface area contributed by atoms with E-state index in [0.29, 0.717) is 30.1 Å². The smallest absolute Gasteiger partial charge is 0.332 e. The quantitative estimate of drug-likeness (QED) is 0.369. The van der Waals surface area contributed by atoms with Gasteiger partial charge in [0, 0.05) is 26.1 Å². The van der Waals surface area contributed by atoms with Crippen LogP contribution in [0.1, 0.15) is 73.6 Å². The molecule has 10 nitrogen and oxygen atoms in total. The van der Waals surface area contributed by atoms with Crippen LogP contribution in [0.4, 0.5) is 5.95 Å². The van der Waals surface area contributed by atoms with Crippen molar-refractivity contribution in [2.24, 2.45) is 0 Å². The molecule has 2 aliphatic carbocycles. The van der Waals surface area contributed by atoms with Crippen molar-refractivity contribution in [2.75, 3.05) is 19.0 Å². The first-order chi connectivity index (χ1) is 19.3. The van der Waals surface area contributed by atoms with Crippen molar-refractivity contribution in [1.29, 1.82) is 0 Å². The van der Waals surface area contributed by atoms with Crippen LogP contribution in [0.2, 0.25) is 0 Å². The van der Waals surface area contributed by atoms with E-state index in [2.05, 4.69) is 21.2 Å². The zero-order valence-corrected chi connectivity index (χ0v) is 26.5. The van der Waals surface area contributed by atoms with Gasteiger partial charge >= 0.3 is 11.7 Å². The van der Waals surface area contributed by atoms with Crippen LogP contribution >= 0.6 is 15.9 Å². The predicted molar refractivity (Wildman–Crippen MR) is 164 cm³/mol. The Morgan fingerprint density at radius 3 is 2.38 bits per heavy atom. The minimum atomic E-state index is -0.465. The summed E-state index contributed by atoms with van der Waals surface area (Å²) in [5.74, 6) is 0.852. The van der Waals surface area contributed by atoms with Gasteiger partial charge in [0.15, 0.2) is 11.2 Å². The lowest BCUT2D eigenvalue weighted by atomic mass is 10.2. The zero-order valence-electron chi connectivity index (χ0n) is 24.9. The summed E-state index contributed by atoms with van der Waals surface area (Å²) in [4.78, 5) is 42.8. The third-order valence-electron chi connectivity index (χ3n) is 6.57. The largest absolute Gasteiger partial charge is 0.496 e. The van der Waals surface area contributed by atoms with Crippen molar-refractivity contribution in [2.45, 2.75) is 99.3 Å². The number of rotatable bonds is 9. The third kappa shape index (κ3) is 7.77. The fourth-order valence-electron chi connectivity index (χ4n) is 4.72. The number of halogens is 1. The Morgan fingerprint density at radius 2 is 1.77 bits per heavy atom. The molecular formula is C29H44BrN5O5. The maximum absolute atomic E-state index is 13.6. The molecule has 0 atom stereocenters. The van der Waals surface area contributed by atoms with Crippen molar-refractivity contribution in [3.05, 3.63) is 54.9 Å². The van der Waals surface area contributed by atoms with Crippen molar-refractivity contribution < 1.29 is 14.3 Å². The van der Waals surface area contributed by atoms with Gasteiger partial charge in [-0.15, -0.1) is 0 Å². The Morgan fingerprint density at radius 1 is 1.10 bits per heavy atom. The number of nitrogens with one attached hydrogen (secondary N) is 1. The summed E-state index contributed by atoms with van der Waals surface area (Å²) >= 11 is 3.54. The molecule has 0 aromatic carbocycles. The van der Waals surface area contributed by atoms with Crippen LogP contribution < -0.4 is 16.6 Å². The van der Waals surface area contributed by atoms with Crippen molar-refractivity contribution in [1.82, 2.24) is 18.7 Å². The Kier molecular flexibility index (Phi) is 13.5. The molecule has 40 heavy (non-hydrogen) atoms. The van der Waals surface area contributed by atoms with E-state index < -0.39 is 11.7 Å². The summed E-state index contributed by atoms with van der Waals surface area (Å²) in [5, 5.41) is 3.53. The van der Waals surface area contributed by atoms with Crippen molar-refractivity contribution in [3.63, 3.8) is 0 Å². The Balaban J connectivity index is 0.00000134. The number of imidazole rings is 1. The molecular weight excluding hydrogens is 578 g/mol. The van der Waals surface area contributed by atoms with Gasteiger partial charge < -0.3 is 19.4 Å². The lowest BCUT2D eigenvalue weighted by Crippen LogP contribution is -2.41. The molecule has 2 aliphatic rings. The normalized spacial score (nSPS) is 15.1. The van der Waals surface area contributed by atoms with Crippen LogP contribution in [0.5, 0.6) is 0 Å². The van der Waals surface area contributed by atoms with E-state index in [4.69, 9.17) is 14.5 Å². The second-order valence-electron chi connectivity index (χ2n) is 8.96. The van der Waals surface area contributed by atoms with Crippen molar-refractivity contribution in [3.8, 4) is 0 Å². The minimum absolute atomic E-state index is 0.0130. The van der Waals surface area contributed by atoms with Gasteiger partial charge in [-0.25, -0.2) is 4.79 Å².